The van der Waals surface area contributed by atoms with Crippen LogP contribution >= 0.6 is 22.7 Å². The van der Waals surface area contributed by atoms with Gasteiger partial charge in [-0.3, -0.25) is 0 Å². The van der Waals surface area contributed by atoms with Crippen LogP contribution in [0.2, 0.25) is 0 Å². The third-order valence-electron chi connectivity index (χ3n) is 3.00. The first-order chi connectivity index (χ1) is 9.15. The number of nitrogens with zero attached hydrogens (tertiary/aromatic N) is 1. The van der Waals surface area contributed by atoms with Crippen LogP contribution in [0, 0.1) is 11.3 Å². The maximum Gasteiger partial charge on any atom is 0.119 e. The monoisotopic (exact) mass is 286 g/mol. The van der Waals surface area contributed by atoms with Crippen molar-refractivity contribution < 1.29 is 0 Å². The van der Waals surface area contributed by atoms with Gasteiger partial charge in [-0.05, 0) is 22.9 Å². The van der Waals surface area contributed by atoms with Crippen molar-refractivity contribution in [1.29, 1.82) is 5.26 Å². The van der Waals surface area contributed by atoms with Crippen LogP contribution in [0.5, 0.6) is 0 Å². The summed E-state index contributed by atoms with van der Waals surface area (Å²) < 4.78 is 1.95. The second-order valence-corrected chi connectivity index (χ2v) is 5.89. The Bertz CT molecular complexity index is 894. The summed E-state index contributed by atoms with van der Waals surface area (Å²) in [7, 11) is 0. The largest absolute Gasteiger partial charge is 0.390 e. The Morgan fingerprint density at radius 1 is 0.947 bits per heavy atom. The number of hydrogen-bond donors (Lipinski definition) is 3. The van der Waals surface area contributed by atoms with E-state index in [2.05, 4.69) is 0 Å². The van der Waals surface area contributed by atoms with Crippen molar-refractivity contribution in [2.45, 2.75) is 0 Å². The molecule has 0 amide bonds. The number of fused-ring (bicyclic) bond motifs is 2. The molecule has 3 aromatic rings. The maximum atomic E-state index is 9.10. The lowest BCUT2D eigenvalue weighted by molar-refractivity contribution is 1.44. The van der Waals surface area contributed by atoms with E-state index in [4.69, 9.17) is 22.5 Å². The molecule has 0 fully saturated rings. The smallest absolute Gasteiger partial charge is 0.119 e. The standard InChI is InChI=1S/C13H10N4S2/c14-5-8(15)9-6-1-3-18-11(6)10(13(16)17)12-7(9)2-4-19-12/h1-4H,15-17H2. The molecule has 0 saturated carbocycles. The molecule has 19 heavy (non-hydrogen) atoms. The van der Waals surface area contributed by atoms with E-state index in [0.29, 0.717) is 5.82 Å². The van der Waals surface area contributed by atoms with Crippen LogP contribution in [-0.4, -0.2) is 0 Å². The minimum Gasteiger partial charge on any atom is -0.390 e. The minimum absolute atomic E-state index is 0.217. The van der Waals surface area contributed by atoms with Crippen LogP contribution in [0.3, 0.4) is 0 Å². The highest BCUT2D eigenvalue weighted by Gasteiger charge is 2.11. The minimum atomic E-state index is 0.217. The molecular weight excluding hydrogens is 276 g/mol. The van der Waals surface area contributed by atoms with E-state index in [-0.39, 0.29) is 5.70 Å². The summed E-state index contributed by atoms with van der Waals surface area (Å²) in [5.74, 6) is 0.293. The average Bonchev–Trinajstić information content (AvgIpc) is 3.02. The van der Waals surface area contributed by atoms with E-state index in [1.807, 2.05) is 29.0 Å². The zero-order valence-electron chi connectivity index (χ0n) is 9.81. The summed E-state index contributed by atoms with van der Waals surface area (Å²) in [5, 5.41) is 16.5. The van der Waals surface area contributed by atoms with Crippen molar-refractivity contribution in [3.63, 3.8) is 0 Å². The molecule has 0 atom stereocenters. The third kappa shape index (κ3) is 1.56. The second kappa shape index (κ2) is 4.16. The van der Waals surface area contributed by atoms with E-state index in [0.717, 1.165) is 30.6 Å². The molecule has 6 heteroatoms. The molecule has 3 rings (SSSR count). The van der Waals surface area contributed by atoms with Crippen molar-refractivity contribution >= 4 is 54.4 Å². The Morgan fingerprint density at radius 3 is 1.89 bits per heavy atom. The number of benzene rings is 1. The van der Waals surface area contributed by atoms with E-state index >= 15 is 0 Å². The van der Waals surface area contributed by atoms with Crippen LogP contribution in [0.25, 0.3) is 31.7 Å². The van der Waals surface area contributed by atoms with Crippen molar-refractivity contribution in [2.75, 3.05) is 0 Å². The van der Waals surface area contributed by atoms with Gasteiger partial charge in [0, 0.05) is 30.6 Å². The molecule has 0 unspecified atom stereocenters. The molecule has 0 bridgehead atoms. The van der Waals surface area contributed by atoms with Gasteiger partial charge < -0.3 is 17.2 Å². The molecular formula is C13H10N4S2. The summed E-state index contributed by atoms with van der Waals surface area (Å²) in [6, 6.07) is 5.92. The number of nitriles is 1. The van der Waals surface area contributed by atoms with Crippen LogP contribution in [0.15, 0.2) is 22.9 Å². The molecule has 0 aliphatic rings. The fourth-order valence-electron chi connectivity index (χ4n) is 2.26. The van der Waals surface area contributed by atoms with Gasteiger partial charge in [-0.2, -0.15) is 5.26 Å². The Labute approximate surface area is 116 Å². The summed E-state index contributed by atoms with van der Waals surface area (Å²) >= 11 is 3.10. The lowest BCUT2D eigenvalue weighted by Gasteiger charge is -2.01. The highest BCUT2D eigenvalue weighted by Crippen LogP contribution is 2.22. The van der Waals surface area contributed by atoms with Crippen molar-refractivity contribution in [2.24, 2.45) is 17.2 Å². The van der Waals surface area contributed by atoms with Crippen LogP contribution in [-0.2, 0) is 0 Å². The summed E-state index contributed by atoms with van der Waals surface area (Å²) in [4.78, 5) is 0. The van der Waals surface area contributed by atoms with Gasteiger partial charge in [0.15, 0.2) is 0 Å². The molecule has 0 aliphatic heterocycles. The predicted molar refractivity (Wildman–Crippen MR) is 81.4 cm³/mol. The molecule has 0 saturated heterocycles. The summed E-state index contributed by atoms with van der Waals surface area (Å²) in [6.45, 7) is 0. The number of nitrogens with two attached hydrogens (primary N) is 3. The van der Waals surface area contributed by atoms with E-state index in [1.54, 1.807) is 22.7 Å². The fourth-order valence-corrected chi connectivity index (χ4v) is 4.27. The van der Waals surface area contributed by atoms with Gasteiger partial charge in [0.1, 0.15) is 17.6 Å². The van der Waals surface area contributed by atoms with Crippen molar-refractivity contribution in [3.8, 4) is 6.07 Å². The SMILES string of the molecule is N#CC(N)=c1c2ccsc2c(=C(N)N)c2sccc12. The predicted octanol–water partition coefficient (Wildman–Crippen LogP) is 0.690. The summed E-state index contributed by atoms with van der Waals surface area (Å²) in [5.41, 5.74) is 17.7. The Balaban J connectivity index is 2.86. The van der Waals surface area contributed by atoms with E-state index in [1.165, 1.54) is 0 Å². The van der Waals surface area contributed by atoms with Gasteiger partial charge in [0.25, 0.3) is 0 Å². The van der Waals surface area contributed by atoms with Gasteiger partial charge in [-0.1, -0.05) is 0 Å². The second-order valence-electron chi connectivity index (χ2n) is 4.06. The Hall–Kier alpha value is -2.23. The lowest BCUT2D eigenvalue weighted by Crippen LogP contribution is -2.24. The quantitative estimate of drug-likeness (QED) is 0.566. The normalized spacial score (nSPS) is 10.7. The molecule has 6 N–H and O–H groups in total. The molecule has 4 nitrogen and oxygen atoms in total. The van der Waals surface area contributed by atoms with Crippen LogP contribution < -0.4 is 27.6 Å². The molecule has 0 spiro atoms. The zero-order valence-corrected chi connectivity index (χ0v) is 11.4. The third-order valence-corrected chi connectivity index (χ3v) is 4.87. The number of thiophene rings is 2. The summed E-state index contributed by atoms with van der Waals surface area (Å²) in [6.07, 6.45) is 0. The fraction of sp³-hybridized carbons (Fsp3) is 0. The molecule has 1 aromatic carbocycles. The van der Waals surface area contributed by atoms with E-state index in [9.17, 15) is 0 Å². The van der Waals surface area contributed by atoms with Crippen LogP contribution in [0.1, 0.15) is 0 Å². The van der Waals surface area contributed by atoms with Crippen LogP contribution in [0.4, 0.5) is 0 Å². The highest BCUT2D eigenvalue weighted by atomic mass is 32.1. The average molecular weight is 286 g/mol. The zero-order chi connectivity index (χ0) is 13.6. The first-order valence-corrected chi connectivity index (χ1v) is 7.22. The number of rotatable bonds is 0. The highest BCUT2D eigenvalue weighted by molar-refractivity contribution is 7.19. The van der Waals surface area contributed by atoms with Gasteiger partial charge in [-0.15, -0.1) is 22.7 Å². The first kappa shape index (κ1) is 11.8. The van der Waals surface area contributed by atoms with Gasteiger partial charge in [0.2, 0.25) is 0 Å². The molecule has 0 aliphatic carbocycles. The van der Waals surface area contributed by atoms with E-state index < -0.39 is 0 Å². The van der Waals surface area contributed by atoms with Crippen molar-refractivity contribution in [3.05, 3.63) is 33.3 Å². The Morgan fingerprint density at radius 2 is 1.47 bits per heavy atom. The van der Waals surface area contributed by atoms with Gasteiger partial charge >= 0.3 is 0 Å². The molecule has 2 heterocycles. The van der Waals surface area contributed by atoms with Gasteiger partial charge in [0.05, 0.1) is 0 Å². The molecule has 94 valence electrons. The Kier molecular flexibility index (Phi) is 2.59. The molecule has 0 radical (unpaired) electrons. The number of hydrogen-bond acceptors (Lipinski definition) is 6. The molecule has 2 aromatic heterocycles. The van der Waals surface area contributed by atoms with Gasteiger partial charge in [-0.25, -0.2) is 0 Å². The topological polar surface area (TPSA) is 102 Å². The lowest BCUT2D eigenvalue weighted by atomic mass is 10.1. The first-order valence-electron chi connectivity index (χ1n) is 5.46. The van der Waals surface area contributed by atoms with Crippen molar-refractivity contribution in [1.82, 2.24) is 0 Å². The maximum absolute atomic E-state index is 9.10.